The minimum absolute atomic E-state index is 0.301. The number of rotatable bonds is 3. The zero-order valence-electron chi connectivity index (χ0n) is 10.6. The Kier molecular flexibility index (Phi) is 4.22. The van der Waals surface area contributed by atoms with Gasteiger partial charge in [-0.2, -0.15) is 0 Å². The SMILES string of the molecule is CCC1CN(C2(CN)CCCCC2)CCO1. The van der Waals surface area contributed by atoms with E-state index in [1.165, 1.54) is 32.1 Å². The molecule has 1 saturated carbocycles. The van der Waals surface area contributed by atoms with E-state index in [1.54, 1.807) is 0 Å². The van der Waals surface area contributed by atoms with E-state index < -0.39 is 0 Å². The molecule has 1 unspecified atom stereocenters. The molecule has 3 nitrogen and oxygen atoms in total. The van der Waals surface area contributed by atoms with Crippen LogP contribution in [0.4, 0.5) is 0 Å². The number of nitrogens with two attached hydrogens (primary N) is 1. The third-order valence-corrected chi connectivity index (χ3v) is 4.43. The molecule has 1 saturated heterocycles. The Morgan fingerprint density at radius 3 is 2.69 bits per heavy atom. The van der Waals surface area contributed by atoms with Gasteiger partial charge in [0.15, 0.2) is 0 Å². The first-order valence-electron chi connectivity index (χ1n) is 6.87. The lowest BCUT2D eigenvalue weighted by atomic mass is 9.79. The molecule has 1 aliphatic heterocycles. The van der Waals surface area contributed by atoms with Gasteiger partial charge in [-0.3, -0.25) is 4.90 Å². The van der Waals surface area contributed by atoms with E-state index in [-0.39, 0.29) is 0 Å². The Morgan fingerprint density at radius 2 is 2.06 bits per heavy atom. The molecular formula is C13H26N2O. The molecule has 0 aromatic rings. The van der Waals surface area contributed by atoms with Crippen molar-refractivity contribution in [2.45, 2.75) is 57.1 Å². The fourth-order valence-electron chi connectivity index (χ4n) is 3.26. The number of nitrogens with zero attached hydrogens (tertiary/aromatic N) is 1. The summed E-state index contributed by atoms with van der Waals surface area (Å²) < 4.78 is 5.76. The summed E-state index contributed by atoms with van der Waals surface area (Å²) in [4.78, 5) is 2.63. The van der Waals surface area contributed by atoms with Gasteiger partial charge in [-0.1, -0.05) is 26.2 Å². The molecule has 1 atom stereocenters. The summed E-state index contributed by atoms with van der Waals surface area (Å²) in [5.41, 5.74) is 6.37. The van der Waals surface area contributed by atoms with Crippen molar-refractivity contribution in [3.63, 3.8) is 0 Å². The van der Waals surface area contributed by atoms with Gasteiger partial charge in [0.05, 0.1) is 12.7 Å². The highest BCUT2D eigenvalue weighted by atomic mass is 16.5. The van der Waals surface area contributed by atoms with E-state index in [0.29, 0.717) is 11.6 Å². The molecule has 0 aromatic carbocycles. The van der Waals surface area contributed by atoms with Crippen molar-refractivity contribution < 1.29 is 4.74 Å². The lowest BCUT2D eigenvalue weighted by molar-refractivity contribution is -0.0779. The van der Waals surface area contributed by atoms with Crippen LogP contribution in [0.25, 0.3) is 0 Å². The van der Waals surface area contributed by atoms with E-state index >= 15 is 0 Å². The van der Waals surface area contributed by atoms with Crippen LogP contribution in [0, 0.1) is 0 Å². The minimum Gasteiger partial charge on any atom is -0.376 e. The van der Waals surface area contributed by atoms with E-state index in [4.69, 9.17) is 10.5 Å². The predicted octanol–water partition coefficient (Wildman–Crippen LogP) is 1.76. The Labute approximate surface area is 99.3 Å². The molecule has 94 valence electrons. The van der Waals surface area contributed by atoms with Gasteiger partial charge in [-0.25, -0.2) is 0 Å². The molecular weight excluding hydrogens is 200 g/mol. The van der Waals surface area contributed by atoms with Crippen LogP contribution in [0.15, 0.2) is 0 Å². The molecule has 2 aliphatic rings. The first-order chi connectivity index (χ1) is 7.80. The molecule has 16 heavy (non-hydrogen) atoms. The topological polar surface area (TPSA) is 38.5 Å². The third kappa shape index (κ3) is 2.41. The normalized spacial score (nSPS) is 31.5. The van der Waals surface area contributed by atoms with Crippen molar-refractivity contribution in [1.29, 1.82) is 0 Å². The van der Waals surface area contributed by atoms with E-state index in [1.807, 2.05) is 0 Å². The largest absolute Gasteiger partial charge is 0.376 e. The monoisotopic (exact) mass is 226 g/mol. The summed E-state index contributed by atoms with van der Waals surface area (Å²) >= 11 is 0. The Bertz CT molecular complexity index is 214. The number of ether oxygens (including phenoxy) is 1. The maximum absolute atomic E-state index is 6.07. The molecule has 2 N–H and O–H groups in total. The van der Waals surface area contributed by atoms with Crippen molar-refractivity contribution in [1.82, 2.24) is 4.90 Å². The second kappa shape index (κ2) is 5.48. The quantitative estimate of drug-likeness (QED) is 0.797. The van der Waals surface area contributed by atoms with Crippen LogP contribution in [-0.4, -0.2) is 42.8 Å². The molecule has 1 aliphatic carbocycles. The molecule has 0 bridgehead atoms. The van der Waals surface area contributed by atoms with Crippen molar-refractivity contribution in [3.8, 4) is 0 Å². The summed E-state index contributed by atoms with van der Waals surface area (Å²) in [6.45, 7) is 6.09. The maximum atomic E-state index is 6.07. The fourth-order valence-corrected chi connectivity index (χ4v) is 3.26. The van der Waals surface area contributed by atoms with Gasteiger partial charge < -0.3 is 10.5 Å². The standard InChI is InChI=1S/C13H26N2O/c1-2-12-10-15(8-9-16-12)13(11-14)6-4-3-5-7-13/h12H,2-11,14H2,1H3. The molecule has 2 rings (SSSR count). The van der Waals surface area contributed by atoms with Crippen molar-refractivity contribution in [3.05, 3.63) is 0 Å². The zero-order chi connectivity index (χ0) is 11.4. The second-order valence-corrected chi connectivity index (χ2v) is 5.34. The fraction of sp³-hybridized carbons (Fsp3) is 1.00. The van der Waals surface area contributed by atoms with Crippen LogP contribution in [-0.2, 0) is 4.74 Å². The van der Waals surface area contributed by atoms with E-state index in [2.05, 4.69) is 11.8 Å². The van der Waals surface area contributed by atoms with Gasteiger partial charge in [-0.05, 0) is 19.3 Å². The summed E-state index contributed by atoms with van der Waals surface area (Å²) in [6.07, 6.45) is 8.23. The van der Waals surface area contributed by atoms with Crippen molar-refractivity contribution >= 4 is 0 Å². The zero-order valence-corrected chi connectivity index (χ0v) is 10.6. The van der Waals surface area contributed by atoms with Gasteiger partial charge in [0.2, 0.25) is 0 Å². The molecule has 0 radical (unpaired) electrons. The maximum Gasteiger partial charge on any atom is 0.0700 e. The number of hydrogen-bond acceptors (Lipinski definition) is 3. The Hall–Kier alpha value is -0.120. The molecule has 0 aromatic heterocycles. The van der Waals surface area contributed by atoms with Crippen LogP contribution in [0.2, 0.25) is 0 Å². The number of hydrogen-bond donors (Lipinski definition) is 1. The second-order valence-electron chi connectivity index (χ2n) is 5.34. The average Bonchev–Trinajstić information content (AvgIpc) is 2.39. The summed E-state index contributed by atoms with van der Waals surface area (Å²) in [5.74, 6) is 0. The van der Waals surface area contributed by atoms with Gasteiger partial charge >= 0.3 is 0 Å². The smallest absolute Gasteiger partial charge is 0.0700 e. The summed E-state index contributed by atoms with van der Waals surface area (Å²) in [5, 5.41) is 0. The van der Waals surface area contributed by atoms with Crippen LogP contribution in [0.1, 0.15) is 45.4 Å². The molecule has 1 heterocycles. The highest BCUT2D eigenvalue weighted by molar-refractivity contribution is 4.95. The van der Waals surface area contributed by atoms with Crippen LogP contribution in [0.5, 0.6) is 0 Å². The lowest BCUT2D eigenvalue weighted by Gasteiger charge is -2.49. The van der Waals surface area contributed by atoms with Gasteiger partial charge in [0.25, 0.3) is 0 Å². The van der Waals surface area contributed by atoms with Crippen LogP contribution < -0.4 is 5.73 Å². The van der Waals surface area contributed by atoms with E-state index in [9.17, 15) is 0 Å². The van der Waals surface area contributed by atoms with Gasteiger partial charge in [0, 0.05) is 25.2 Å². The van der Waals surface area contributed by atoms with Crippen LogP contribution >= 0.6 is 0 Å². The molecule has 0 amide bonds. The highest BCUT2D eigenvalue weighted by Gasteiger charge is 2.38. The first-order valence-corrected chi connectivity index (χ1v) is 6.87. The van der Waals surface area contributed by atoms with E-state index in [0.717, 1.165) is 32.7 Å². The molecule has 3 heteroatoms. The lowest BCUT2D eigenvalue weighted by Crippen LogP contribution is -2.60. The summed E-state index contributed by atoms with van der Waals surface area (Å²) in [7, 11) is 0. The summed E-state index contributed by atoms with van der Waals surface area (Å²) in [6, 6.07) is 0. The Morgan fingerprint density at radius 1 is 1.31 bits per heavy atom. The highest BCUT2D eigenvalue weighted by Crippen LogP contribution is 2.34. The first kappa shape index (κ1) is 12.3. The van der Waals surface area contributed by atoms with Gasteiger partial charge in [0.1, 0.15) is 0 Å². The Balaban J connectivity index is 2.01. The van der Waals surface area contributed by atoms with Crippen molar-refractivity contribution in [2.75, 3.05) is 26.2 Å². The third-order valence-electron chi connectivity index (χ3n) is 4.43. The predicted molar refractivity (Wildman–Crippen MR) is 66.5 cm³/mol. The van der Waals surface area contributed by atoms with Crippen LogP contribution in [0.3, 0.4) is 0 Å². The van der Waals surface area contributed by atoms with Crippen molar-refractivity contribution in [2.24, 2.45) is 5.73 Å². The number of morpholine rings is 1. The average molecular weight is 226 g/mol. The molecule has 2 fully saturated rings. The minimum atomic E-state index is 0.301. The van der Waals surface area contributed by atoms with Gasteiger partial charge in [-0.15, -0.1) is 0 Å². The molecule has 0 spiro atoms.